The number of benzene rings is 1. The van der Waals surface area contributed by atoms with Gasteiger partial charge in [-0.25, -0.2) is 0 Å². The minimum atomic E-state index is 0.590. The Bertz CT molecular complexity index is 612. The summed E-state index contributed by atoms with van der Waals surface area (Å²) in [4.78, 5) is 0. The predicted octanol–water partition coefficient (Wildman–Crippen LogP) is 2.85. The van der Waals surface area contributed by atoms with Gasteiger partial charge in [0.1, 0.15) is 0 Å². The Morgan fingerprint density at radius 3 is 3.00 bits per heavy atom. The van der Waals surface area contributed by atoms with Gasteiger partial charge in [0.25, 0.3) is 0 Å². The molecule has 2 heterocycles. The molecule has 6 heteroatoms. The molecule has 0 radical (unpaired) electrons. The van der Waals surface area contributed by atoms with Crippen molar-refractivity contribution in [1.82, 2.24) is 9.78 Å². The van der Waals surface area contributed by atoms with Gasteiger partial charge in [-0.05, 0) is 17.7 Å². The molecule has 0 spiro atoms. The van der Waals surface area contributed by atoms with Crippen LogP contribution in [0.2, 0.25) is 5.02 Å². The first kappa shape index (κ1) is 13.1. The summed E-state index contributed by atoms with van der Waals surface area (Å²) < 4.78 is 13.0. The average Bonchev–Trinajstić information content (AvgIpc) is 2.70. The highest BCUT2D eigenvalue weighted by atomic mass is 35.5. The molecule has 0 atom stereocenters. The molecular weight excluding hydrogens is 278 g/mol. The van der Waals surface area contributed by atoms with Gasteiger partial charge in [0.05, 0.1) is 30.1 Å². The molecule has 20 heavy (non-hydrogen) atoms. The predicted molar refractivity (Wildman–Crippen MR) is 77.6 cm³/mol. The van der Waals surface area contributed by atoms with Crippen LogP contribution in [-0.4, -0.2) is 23.0 Å². The summed E-state index contributed by atoms with van der Waals surface area (Å²) in [5.74, 6) is 1.37. The second-order valence-electron chi connectivity index (χ2n) is 4.71. The lowest BCUT2D eigenvalue weighted by Crippen LogP contribution is -2.00. The fourth-order valence-corrected chi connectivity index (χ4v) is 2.39. The van der Waals surface area contributed by atoms with E-state index in [9.17, 15) is 0 Å². The van der Waals surface area contributed by atoms with Crippen molar-refractivity contribution in [2.75, 3.05) is 18.5 Å². The molecule has 3 rings (SSSR count). The van der Waals surface area contributed by atoms with Crippen molar-refractivity contribution in [3.05, 3.63) is 35.1 Å². The molecule has 1 aliphatic rings. The van der Waals surface area contributed by atoms with E-state index in [-0.39, 0.29) is 0 Å². The zero-order chi connectivity index (χ0) is 13.9. The normalized spacial score (nSPS) is 13.9. The largest absolute Gasteiger partial charge is 0.489 e. The maximum absolute atomic E-state index is 6.26. The second kappa shape index (κ2) is 5.63. The van der Waals surface area contributed by atoms with Crippen LogP contribution in [0.3, 0.4) is 0 Å². The summed E-state index contributed by atoms with van der Waals surface area (Å²) in [6, 6.07) is 3.87. The van der Waals surface area contributed by atoms with Crippen LogP contribution in [0.1, 0.15) is 12.0 Å². The Hall–Kier alpha value is -1.88. The lowest BCUT2D eigenvalue weighted by molar-refractivity contribution is 0.297. The molecule has 5 nitrogen and oxygen atoms in total. The first-order valence-electron chi connectivity index (χ1n) is 6.53. The van der Waals surface area contributed by atoms with Crippen LogP contribution in [0.4, 0.5) is 5.69 Å². The van der Waals surface area contributed by atoms with Gasteiger partial charge < -0.3 is 14.8 Å². The van der Waals surface area contributed by atoms with E-state index in [2.05, 4.69) is 10.4 Å². The molecule has 1 aliphatic heterocycles. The van der Waals surface area contributed by atoms with Crippen LogP contribution >= 0.6 is 11.6 Å². The summed E-state index contributed by atoms with van der Waals surface area (Å²) in [6.45, 7) is 1.95. The summed E-state index contributed by atoms with van der Waals surface area (Å²) in [5.41, 5.74) is 2.01. The third kappa shape index (κ3) is 2.82. The number of nitrogens with one attached hydrogen (secondary N) is 1. The van der Waals surface area contributed by atoms with Crippen LogP contribution in [0.5, 0.6) is 11.5 Å². The van der Waals surface area contributed by atoms with Crippen molar-refractivity contribution in [1.29, 1.82) is 0 Å². The Morgan fingerprint density at radius 1 is 1.35 bits per heavy atom. The van der Waals surface area contributed by atoms with Gasteiger partial charge in [-0.3, -0.25) is 4.68 Å². The Morgan fingerprint density at radius 2 is 2.20 bits per heavy atom. The van der Waals surface area contributed by atoms with Crippen molar-refractivity contribution in [3.8, 4) is 11.5 Å². The topological polar surface area (TPSA) is 48.3 Å². The first-order valence-corrected chi connectivity index (χ1v) is 6.91. The third-order valence-electron chi connectivity index (χ3n) is 3.06. The maximum Gasteiger partial charge on any atom is 0.179 e. The lowest BCUT2D eigenvalue weighted by Gasteiger charge is -2.12. The van der Waals surface area contributed by atoms with E-state index in [1.807, 2.05) is 25.4 Å². The fraction of sp³-hybridized carbons (Fsp3) is 0.357. The molecule has 106 valence electrons. The van der Waals surface area contributed by atoms with Crippen LogP contribution in [0.25, 0.3) is 0 Å². The number of rotatable bonds is 3. The van der Waals surface area contributed by atoms with Gasteiger partial charge in [0, 0.05) is 26.2 Å². The number of hydrogen-bond acceptors (Lipinski definition) is 4. The van der Waals surface area contributed by atoms with E-state index in [0.29, 0.717) is 30.5 Å². The van der Waals surface area contributed by atoms with E-state index in [1.54, 1.807) is 10.9 Å². The number of aromatic nitrogens is 2. The van der Waals surface area contributed by atoms with Crippen molar-refractivity contribution >= 4 is 17.3 Å². The summed E-state index contributed by atoms with van der Waals surface area (Å²) >= 11 is 6.26. The van der Waals surface area contributed by atoms with E-state index >= 15 is 0 Å². The van der Waals surface area contributed by atoms with Crippen molar-refractivity contribution in [2.24, 2.45) is 7.05 Å². The molecule has 0 amide bonds. The molecule has 0 aliphatic carbocycles. The quantitative estimate of drug-likeness (QED) is 0.945. The highest BCUT2D eigenvalue weighted by Crippen LogP contribution is 2.38. The van der Waals surface area contributed by atoms with Gasteiger partial charge in [0.15, 0.2) is 11.5 Å². The SMILES string of the molecule is Cn1cc(NCc2cc(Cl)c3c(c2)OCCCO3)cn1. The van der Waals surface area contributed by atoms with E-state index in [4.69, 9.17) is 21.1 Å². The average molecular weight is 294 g/mol. The number of aryl methyl sites for hydroxylation is 1. The van der Waals surface area contributed by atoms with Crippen LogP contribution in [0, 0.1) is 0 Å². The number of nitrogens with zero attached hydrogens (tertiary/aromatic N) is 2. The molecule has 0 saturated heterocycles. The van der Waals surface area contributed by atoms with Crippen LogP contribution in [-0.2, 0) is 13.6 Å². The highest BCUT2D eigenvalue weighted by Gasteiger charge is 2.15. The van der Waals surface area contributed by atoms with Gasteiger partial charge in [-0.15, -0.1) is 0 Å². The monoisotopic (exact) mass is 293 g/mol. The van der Waals surface area contributed by atoms with Crippen molar-refractivity contribution in [3.63, 3.8) is 0 Å². The minimum Gasteiger partial charge on any atom is -0.489 e. The molecule has 1 aromatic carbocycles. The Balaban J connectivity index is 1.77. The van der Waals surface area contributed by atoms with Crippen molar-refractivity contribution < 1.29 is 9.47 Å². The zero-order valence-corrected chi connectivity index (χ0v) is 12.0. The number of fused-ring (bicyclic) bond motifs is 1. The molecule has 0 bridgehead atoms. The fourth-order valence-electron chi connectivity index (χ4n) is 2.10. The summed E-state index contributed by atoms with van der Waals surface area (Å²) in [6.07, 6.45) is 4.57. The van der Waals surface area contributed by atoms with Gasteiger partial charge >= 0.3 is 0 Å². The standard InChI is InChI=1S/C14H16ClN3O2/c1-18-9-11(8-17-18)16-7-10-5-12(15)14-13(6-10)19-3-2-4-20-14/h5-6,8-9,16H,2-4,7H2,1H3. The lowest BCUT2D eigenvalue weighted by atomic mass is 10.2. The molecule has 0 fully saturated rings. The van der Waals surface area contributed by atoms with E-state index < -0.39 is 0 Å². The van der Waals surface area contributed by atoms with Gasteiger partial charge in [-0.1, -0.05) is 11.6 Å². The molecule has 1 aromatic heterocycles. The number of halogens is 1. The Labute approximate surface area is 122 Å². The highest BCUT2D eigenvalue weighted by molar-refractivity contribution is 6.32. The smallest absolute Gasteiger partial charge is 0.179 e. The summed E-state index contributed by atoms with van der Waals surface area (Å²) in [7, 11) is 1.88. The third-order valence-corrected chi connectivity index (χ3v) is 3.34. The second-order valence-corrected chi connectivity index (χ2v) is 5.12. The zero-order valence-electron chi connectivity index (χ0n) is 11.2. The molecule has 0 saturated carbocycles. The van der Waals surface area contributed by atoms with Crippen molar-refractivity contribution in [2.45, 2.75) is 13.0 Å². The first-order chi connectivity index (χ1) is 9.72. The molecule has 1 N–H and O–H groups in total. The van der Waals surface area contributed by atoms with E-state index in [0.717, 1.165) is 23.4 Å². The molecule has 2 aromatic rings. The maximum atomic E-state index is 6.26. The number of hydrogen-bond donors (Lipinski definition) is 1. The van der Waals surface area contributed by atoms with Gasteiger partial charge in [0.2, 0.25) is 0 Å². The minimum absolute atomic E-state index is 0.590. The number of anilines is 1. The number of ether oxygens (including phenoxy) is 2. The molecular formula is C14H16ClN3O2. The molecule has 0 unspecified atom stereocenters. The van der Waals surface area contributed by atoms with E-state index in [1.165, 1.54) is 0 Å². The summed E-state index contributed by atoms with van der Waals surface area (Å²) in [5, 5.41) is 8.00. The van der Waals surface area contributed by atoms with Gasteiger partial charge in [-0.2, -0.15) is 5.10 Å². The van der Waals surface area contributed by atoms with Crippen LogP contribution in [0.15, 0.2) is 24.5 Å². The van der Waals surface area contributed by atoms with Crippen LogP contribution < -0.4 is 14.8 Å². The Kier molecular flexibility index (Phi) is 3.69.